The normalized spacial score (nSPS) is 12.1. The van der Waals surface area contributed by atoms with Gasteiger partial charge < -0.3 is 4.90 Å². The predicted octanol–water partition coefficient (Wildman–Crippen LogP) is 3.08. The molecule has 1 heterocycles. The van der Waals surface area contributed by atoms with Crippen LogP contribution < -0.4 is 0 Å². The quantitative estimate of drug-likeness (QED) is 0.807. The maximum Gasteiger partial charge on any atom is 0.245 e. The molecule has 0 N–H and O–H groups in total. The zero-order valence-corrected chi connectivity index (χ0v) is 11.5. The van der Waals surface area contributed by atoms with E-state index in [4.69, 9.17) is 11.6 Å². The molecular formula is C13H13ClN2OS. The number of thiazole rings is 1. The fourth-order valence-corrected chi connectivity index (χ4v) is 2.46. The number of hydrogen-bond acceptors (Lipinski definition) is 3. The SMILES string of the molecule is CN(Cc1cscn1)C(=O)C(Cl)c1ccccc1. The standard InChI is InChI=1S/C13H13ClN2OS/c1-16(7-11-8-18-9-15-11)13(17)12(14)10-5-3-2-4-6-10/h2-6,8-9,12H,7H2,1H3. The maximum absolute atomic E-state index is 12.1. The van der Waals surface area contributed by atoms with E-state index < -0.39 is 5.38 Å². The molecule has 0 aliphatic heterocycles. The van der Waals surface area contributed by atoms with Crippen molar-refractivity contribution in [3.63, 3.8) is 0 Å². The van der Waals surface area contributed by atoms with Crippen molar-refractivity contribution >= 4 is 28.8 Å². The Morgan fingerprint density at radius 2 is 2.17 bits per heavy atom. The van der Waals surface area contributed by atoms with Crippen LogP contribution in [0.5, 0.6) is 0 Å². The number of rotatable bonds is 4. The number of likely N-dealkylation sites (N-methyl/N-ethyl adjacent to an activating group) is 1. The van der Waals surface area contributed by atoms with Crippen LogP contribution in [0.15, 0.2) is 41.2 Å². The second kappa shape index (κ2) is 5.98. The molecule has 0 saturated carbocycles. The number of alkyl halides is 1. The minimum absolute atomic E-state index is 0.115. The molecule has 3 nitrogen and oxygen atoms in total. The average molecular weight is 281 g/mol. The number of nitrogens with zero attached hydrogens (tertiary/aromatic N) is 2. The number of halogens is 1. The van der Waals surface area contributed by atoms with Crippen LogP contribution in [0, 0.1) is 0 Å². The fourth-order valence-electron chi connectivity index (χ4n) is 1.59. The minimum atomic E-state index is -0.644. The minimum Gasteiger partial charge on any atom is -0.338 e. The van der Waals surface area contributed by atoms with Crippen LogP contribution in [0.4, 0.5) is 0 Å². The van der Waals surface area contributed by atoms with Gasteiger partial charge in [-0.2, -0.15) is 0 Å². The summed E-state index contributed by atoms with van der Waals surface area (Å²) in [7, 11) is 1.74. The molecule has 0 radical (unpaired) electrons. The lowest BCUT2D eigenvalue weighted by Crippen LogP contribution is -2.29. The van der Waals surface area contributed by atoms with Crippen molar-refractivity contribution in [2.75, 3.05) is 7.05 Å². The lowest BCUT2D eigenvalue weighted by Gasteiger charge is -2.19. The van der Waals surface area contributed by atoms with E-state index in [1.165, 1.54) is 11.3 Å². The van der Waals surface area contributed by atoms with Gasteiger partial charge in [-0.05, 0) is 5.56 Å². The molecule has 1 aromatic carbocycles. The summed E-state index contributed by atoms with van der Waals surface area (Å²) < 4.78 is 0. The Labute approximate surface area is 115 Å². The van der Waals surface area contributed by atoms with Crippen molar-refractivity contribution in [1.82, 2.24) is 9.88 Å². The summed E-state index contributed by atoms with van der Waals surface area (Å²) in [6.07, 6.45) is 0. The van der Waals surface area contributed by atoms with Gasteiger partial charge in [0.15, 0.2) is 0 Å². The van der Waals surface area contributed by atoms with Crippen molar-refractivity contribution in [1.29, 1.82) is 0 Å². The summed E-state index contributed by atoms with van der Waals surface area (Å²) in [5.41, 5.74) is 3.45. The van der Waals surface area contributed by atoms with Crippen LogP contribution in [-0.4, -0.2) is 22.8 Å². The molecule has 1 atom stereocenters. The number of amides is 1. The molecule has 94 valence electrons. The van der Waals surface area contributed by atoms with Crippen molar-refractivity contribution in [3.8, 4) is 0 Å². The molecule has 1 amide bonds. The first-order valence-corrected chi connectivity index (χ1v) is 6.87. The Hall–Kier alpha value is -1.39. The van der Waals surface area contributed by atoms with E-state index >= 15 is 0 Å². The molecule has 0 spiro atoms. The summed E-state index contributed by atoms with van der Waals surface area (Å²) in [5, 5.41) is 1.28. The number of hydrogen-bond donors (Lipinski definition) is 0. The van der Waals surface area contributed by atoms with Crippen molar-refractivity contribution in [3.05, 3.63) is 52.5 Å². The molecule has 18 heavy (non-hydrogen) atoms. The Bertz CT molecular complexity index is 501. The Kier molecular flexibility index (Phi) is 4.33. The molecule has 0 bridgehead atoms. The van der Waals surface area contributed by atoms with Gasteiger partial charge in [-0.3, -0.25) is 4.79 Å². The number of carbonyl (C=O) groups is 1. The molecule has 0 saturated heterocycles. The van der Waals surface area contributed by atoms with Crippen LogP contribution in [0.25, 0.3) is 0 Å². The van der Waals surface area contributed by atoms with E-state index in [0.717, 1.165) is 11.3 Å². The molecule has 0 aliphatic rings. The topological polar surface area (TPSA) is 33.2 Å². The summed E-state index contributed by atoms with van der Waals surface area (Å²) in [4.78, 5) is 17.9. The summed E-state index contributed by atoms with van der Waals surface area (Å²) in [5.74, 6) is -0.115. The highest BCUT2D eigenvalue weighted by atomic mass is 35.5. The molecule has 5 heteroatoms. The van der Waals surface area contributed by atoms with Crippen molar-refractivity contribution in [2.24, 2.45) is 0 Å². The van der Waals surface area contributed by atoms with E-state index in [2.05, 4.69) is 4.98 Å². The number of benzene rings is 1. The molecule has 1 aromatic heterocycles. The van der Waals surface area contributed by atoms with E-state index in [0.29, 0.717) is 6.54 Å². The van der Waals surface area contributed by atoms with E-state index in [-0.39, 0.29) is 5.91 Å². The van der Waals surface area contributed by atoms with Gasteiger partial charge in [0.1, 0.15) is 5.38 Å². The van der Waals surface area contributed by atoms with Crippen molar-refractivity contribution in [2.45, 2.75) is 11.9 Å². The number of carbonyl (C=O) groups excluding carboxylic acids is 1. The zero-order valence-electron chi connectivity index (χ0n) is 9.91. The molecule has 1 unspecified atom stereocenters. The lowest BCUT2D eigenvalue weighted by atomic mass is 10.1. The smallest absolute Gasteiger partial charge is 0.245 e. The highest BCUT2D eigenvalue weighted by Crippen LogP contribution is 2.22. The fraction of sp³-hybridized carbons (Fsp3) is 0.231. The summed E-state index contributed by atoms with van der Waals surface area (Å²) >= 11 is 7.70. The molecule has 2 aromatic rings. The van der Waals surface area contributed by atoms with Gasteiger partial charge in [-0.1, -0.05) is 30.3 Å². The Balaban J connectivity index is 2.02. The van der Waals surface area contributed by atoms with Gasteiger partial charge in [-0.25, -0.2) is 4.98 Å². The third-order valence-corrected chi connectivity index (χ3v) is 3.64. The maximum atomic E-state index is 12.1. The molecular weight excluding hydrogens is 268 g/mol. The predicted molar refractivity (Wildman–Crippen MR) is 73.6 cm³/mol. The first-order valence-electron chi connectivity index (χ1n) is 5.49. The first-order chi connectivity index (χ1) is 8.68. The van der Waals surface area contributed by atoms with Gasteiger partial charge in [0.25, 0.3) is 0 Å². The van der Waals surface area contributed by atoms with Gasteiger partial charge >= 0.3 is 0 Å². The van der Waals surface area contributed by atoms with Crippen molar-refractivity contribution < 1.29 is 4.79 Å². The van der Waals surface area contributed by atoms with E-state index in [1.54, 1.807) is 17.5 Å². The molecule has 0 aliphatic carbocycles. The third kappa shape index (κ3) is 3.09. The van der Waals surface area contributed by atoms with Gasteiger partial charge in [-0.15, -0.1) is 22.9 Å². The molecule has 2 rings (SSSR count). The number of aromatic nitrogens is 1. The van der Waals surface area contributed by atoms with Gasteiger partial charge in [0.2, 0.25) is 5.91 Å². The third-order valence-electron chi connectivity index (χ3n) is 2.57. The summed E-state index contributed by atoms with van der Waals surface area (Å²) in [6, 6.07) is 9.35. The lowest BCUT2D eigenvalue weighted by molar-refractivity contribution is -0.130. The Morgan fingerprint density at radius 3 is 2.78 bits per heavy atom. The van der Waals surface area contributed by atoms with Crippen LogP contribution in [0.2, 0.25) is 0 Å². The van der Waals surface area contributed by atoms with E-state index in [1.807, 2.05) is 35.7 Å². The van der Waals surface area contributed by atoms with Crippen LogP contribution in [0.3, 0.4) is 0 Å². The second-order valence-corrected chi connectivity index (χ2v) is 5.10. The van der Waals surface area contributed by atoms with Crippen LogP contribution in [-0.2, 0) is 11.3 Å². The largest absolute Gasteiger partial charge is 0.338 e. The monoisotopic (exact) mass is 280 g/mol. The highest BCUT2D eigenvalue weighted by molar-refractivity contribution is 7.07. The summed E-state index contributed by atoms with van der Waals surface area (Å²) in [6.45, 7) is 0.485. The van der Waals surface area contributed by atoms with Gasteiger partial charge in [0, 0.05) is 12.4 Å². The second-order valence-electron chi connectivity index (χ2n) is 3.95. The zero-order chi connectivity index (χ0) is 13.0. The molecule has 0 fully saturated rings. The van der Waals surface area contributed by atoms with Crippen LogP contribution >= 0.6 is 22.9 Å². The highest BCUT2D eigenvalue weighted by Gasteiger charge is 2.21. The van der Waals surface area contributed by atoms with Gasteiger partial charge in [0.05, 0.1) is 17.7 Å². The Morgan fingerprint density at radius 1 is 1.44 bits per heavy atom. The average Bonchev–Trinajstić information content (AvgIpc) is 2.91. The van der Waals surface area contributed by atoms with E-state index in [9.17, 15) is 4.79 Å². The van der Waals surface area contributed by atoms with Crippen LogP contribution in [0.1, 0.15) is 16.6 Å². The first kappa shape index (κ1) is 13.1.